The summed E-state index contributed by atoms with van der Waals surface area (Å²) in [5.74, 6) is 0. The Kier molecular flexibility index (Phi) is 9.15. The van der Waals surface area contributed by atoms with Gasteiger partial charge < -0.3 is 19.9 Å². The first kappa shape index (κ1) is 14.2. The molecule has 15 heavy (non-hydrogen) atoms. The molecule has 0 aliphatic rings. The predicted octanol–water partition coefficient (Wildman–Crippen LogP) is 0.270. The van der Waals surface area contributed by atoms with E-state index in [9.17, 15) is 9.59 Å². The minimum absolute atomic E-state index is 0.121. The molecule has 0 bridgehead atoms. The first-order valence-corrected chi connectivity index (χ1v) is 4.76. The van der Waals surface area contributed by atoms with Crippen LogP contribution < -0.4 is 5.73 Å². The normalized spacial score (nSPS) is 9.93. The largest absolute Gasteiger partial charge is 0.447 e. The van der Waals surface area contributed by atoms with Crippen molar-refractivity contribution >= 4 is 22.9 Å². The number of amides is 1. The topological polar surface area (TPSA) is 87.9 Å². The number of halogens is 1. The first-order valence-electron chi connectivity index (χ1n) is 4.39. The summed E-state index contributed by atoms with van der Waals surface area (Å²) >= 11 is 5.08. The minimum Gasteiger partial charge on any atom is -0.447 e. The van der Waals surface area contributed by atoms with Crippen molar-refractivity contribution in [3.63, 3.8) is 0 Å². The van der Waals surface area contributed by atoms with Gasteiger partial charge in [-0.2, -0.15) is 0 Å². The molecule has 0 spiro atoms. The average Bonchev–Trinajstić information content (AvgIpc) is 2.14. The summed E-state index contributed by atoms with van der Waals surface area (Å²) in [5, 5.41) is -0.425. The van der Waals surface area contributed by atoms with Crippen molar-refractivity contribution < 1.29 is 23.8 Å². The van der Waals surface area contributed by atoms with Crippen LogP contribution in [0.25, 0.3) is 0 Å². The van der Waals surface area contributed by atoms with Gasteiger partial charge in [-0.1, -0.05) is 0 Å². The van der Waals surface area contributed by atoms with E-state index in [1.807, 2.05) is 0 Å². The molecule has 0 aromatic rings. The van der Waals surface area contributed by atoms with Gasteiger partial charge in [-0.15, -0.1) is 0 Å². The summed E-state index contributed by atoms with van der Waals surface area (Å²) in [6.45, 7) is 1.39. The van der Waals surface area contributed by atoms with Crippen molar-refractivity contribution in [2.45, 2.75) is 6.42 Å². The molecule has 7 heteroatoms. The summed E-state index contributed by atoms with van der Waals surface area (Å²) in [7, 11) is 0. The number of rotatable bonds is 9. The van der Waals surface area contributed by atoms with Crippen molar-refractivity contribution in [3.05, 3.63) is 0 Å². The summed E-state index contributed by atoms with van der Waals surface area (Å²) in [6, 6.07) is 0. The summed E-state index contributed by atoms with van der Waals surface area (Å²) in [6.07, 6.45) is -0.637. The number of carbonyl (C=O) groups is 2. The zero-order valence-electron chi connectivity index (χ0n) is 8.24. The lowest BCUT2D eigenvalue weighted by molar-refractivity contribution is -0.112. The molecule has 0 saturated heterocycles. The van der Waals surface area contributed by atoms with Crippen LogP contribution in [0.2, 0.25) is 0 Å². The molecule has 0 saturated carbocycles. The van der Waals surface area contributed by atoms with Crippen LogP contribution in [0.5, 0.6) is 0 Å². The lowest BCUT2D eigenvalue weighted by atomic mass is 10.5. The van der Waals surface area contributed by atoms with Crippen LogP contribution in [-0.2, 0) is 19.0 Å². The van der Waals surface area contributed by atoms with Gasteiger partial charge in [0.2, 0.25) is 5.24 Å². The van der Waals surface area contributed by atoms with Crippen LogP contribution >= 0.6 is 11.6 Å². The molecule has 0 aromatic carbocycles. The molecule has 2 N–H and O–H groups in total. The summed E-state index contributed by atoms with van der Waals surface area (Å²) in [5.41, 5.74) is 4.72. The fourth-order valence-corrected chi connectivity index (χ4v) is 0.753. The van der Waals surface area contributed by atoms with Crippen LogP contribution in [0.3, 0.4) is 0 Å². The first-order chi connectivity index (χ1) is 7.13. The van der Waals surface area contributed by atoms with Gasteiger partial charge in [-0.3, -0.25) is 4.79 Å². The van der Waals surface area contributed by atoms with E-state index < -0.39 is 11.3 Å². The monoisotopic (exact) mass is 239 g/mol. The van der Waals surface area contributed by atoms with Crippen molar-refractivity contribution in [2.75, 3.05) is 33.0 Å². The molecule has 0 aliphatic carbocycles. The maximum absolute atomic E-state index is 10.3. The number of nitrogens with two attached hydrogens (primary N) is 1. The van der Waals surface area contributed by atoms with E-state index in [1.165, 1.54) is 0 Å². The molecule has 0 fully saturated rings. The van der Waals surface area contributed by atoms with Gasteiger partial charge >= 0.3 is 6.09 Å². The van der Waals surface area contributed by atoms with E-state index in [1.54, 1.807) is 0 Å². The number of hydrogen-bond donors (Lipinski definition) is 1. The van der Waals surface area contributed by atoms with Crippen LogP contribution in [-0.4, -0.2) is 44.4 Å². The SMILES string of the molecule is NC(=O)OCCOCCOCCC(=O)Cl. The zero-order valence-corrected chi connectivity index (χ0v) is 9.00. The van der Waals surface area contributed by atoms with E-state index >= 15 is 0 Å². The Labute approximate surface area is 92.6 Å². The second kappa shape index (κ2) is 9.70. The quantitative estimate of drug-likeness (QED) is 0.461. The van der Waals surface area contributed by atoms with E-state index in [2.05, 4.69) is 4.74 Å². The van der Waals surface area contributed by atoms with Gasteiger partial charge in [0, 0.05) is 6.42 Å². The molecule has 0 atom stereocenters. The van der Waals surface area contributed by atoms with Crippen molar-refractivity contribution in [1.82, 2.24) is 0 Å². The fourth-order valence-electron chi connectivity index (χ4n) is 0.676. The van der Waals surface area contributed by atoms with Gasteiger partial charge in [0.25, 0.3) is 0 Å². The van der Waals surface area contributed by atoms with E-state index in [0.717, 1.165) is 0 Å². The maximum Gasteiger partial charge on any atom is 0.404 e. The van der Waals surface area contributed by atoms with Crippen LogP contribution in [0.15, 0.2) is 0 Å². The van der Waals surface area contributed by atoms with Gasteiger partial charge in [0.15, 0.2) is 0 Å². The highest BCUT2D eigenvalue weighted by atomic mass is 35.5. The second-order valence-corrected chi connectivity index (χ2v) is 2.92. The minimum atomic E-state index is -0.824. The Morgan fingerprint density at radius 1 is 1.00 bits per heavy atom. The Morgan fingerprint density at radius 2 is 1.53 bits per heavy atom. The summed E-state index contributed by atoms with van der Waals surface area (Å²) < 4.78 is 14.4. The molecule has 0 radical (unpaired) electrons. The molecule has 1 amide bonds. The molecule has 0 aromatic heterocycles. The fraction of sp³-hybridized carbons (Fsp3) is 0.750. The Balaban J connectivity index is 2.99. The Hall–Kier alpha value is -0.850. The smallest absolute Gasteiger partial charge is 0.404 e. The third-order valence-electron chi connectivity index (χ3n) is 1.29. The molecular formula is C8H14ClNO5. The van der Waals surface area contributed by atoms with Crippen molar-refractivity contribution in [3.8, 4) is 0 Å². The molecule has 6 nitrogen and oxygen atoms in total. The molecule has 0 rings (SSSR count). The maximum atomic E-state index is 10.3. The Morgan fingerprint density at radius 3 is 2.07 bits per heavy atom. The number of ether oxygens (including phenoxy) is 3. The highest BCUT2D eigenvalue weighted by Gasteiger charge is 1.96. The van der Waals surface area contributed by atoms with Gasteiger partial charge in [0.1, 0.15) is 6.61 Å². The molecule has 0 unspecified atom stereocenters. The van der Waals surface area contributed by atoms with Gasteiger partial charge in [-0.05, 0) is 11.6 Å². The highest BCUT2D eigenvalue weighted by molar-refractivity contribution is 6.63. The van der Waals surface area contributed by atoms with Gasteiger partial charge in [-0.25, -0.2) is 4.79 Å². The number of carbonyl (C=O) groups excluding carboxylic acids is 2. The predicted molar refractivity (Wildman–Crippen MR) is 52.7 cm³/mol. The lowest BCUT2D eigenvalue weighted by Gasteiger charge is -2.04. The van der Waals surface area contributed by atoms with E-state index in [4.69, 9.17) is 26.8 Å². The van der Waals surface area contributed by atoms with Crippen molar-refractivity contribution in [1.29, 1.82) is 0 Å². The third-order valence-corrected chi connectivity index (χ3v) is 1.48. The molecule has 0 heterocycles. The van der Waals surface area contributed by atoms with Crippen LogP contribution in [0, 0.1) is 0 Å². The molecule has 88 valence electrons. The molecule has 0 aliphatic heterocycles. The number of hydrogen-bond acceptors (Lipinski definition) is 5. The second-order valence-electron chi connectivity index (χ2n) is 2.50. The third kappa shape index (κ3) is 13.2. The van der Waals surface area contributed by atoms with Crippen molar-refractivity contribution in [2.24, 2.45) is 5.73 Å². The molecular weight excluding hydrogens is 226 g/mol. The standard InChI is InChI=1S/C8H14ClNO5/c9-7(11)1-2-13-3-4-14-5-6-15-8(10)12/h1-6H2,(H2,10,12). The number of primary amides is 1. The summed E-state index contributed by atoms with van der Waals surface area (Å²) in [4.78, 5) is 20.4. The average molecular weight is 240 g/mol. The van der Waals surface area contributed by atoms with Crippen LogP contribution in [0.1, 0.15) is 6.42 Å². The Bertz CT molecular complexity index is 179. The zero-order chi connectivity index (χ0) is 11.5. The van der Waals surface area contributed by atoms with Crippen LogP contribution in [0.4, 0.5) is 4.79 Å². The van der Waals surface area contributed by atoms with Gasteiger partial charge in [0.05, 0.1) is 26.4 Å². The highest BCUT2D eigenvalue weighted by Crippen LogP contribution is 1.89. The van der Waals surface area contributed by atoms with E-state index in [-0.39, 0.29) is 26.2 Å². The lowest BCUT2D eigenvalue weighted by Crippen LogP contribution is -2.17. The van der Waals surface area contributed by atoms with E-state index in [0.29, 0.717) is 13.2 Å².